The van der Waals surface area contributed by atoms with Gasteiger partial charge in [-0.1, -0.05) is 17.8 Å². The van der Waals surface area contributed by atoms with E-state index in [1.165, 1.54) is 0 Å². The van der Waals surface area contributed by atoms with Crippen molar-refractivity contribution in [1.29, 1.82) is 0 Å². The van der Waals surface area contributed by atoms with Gasteiger partial charge < -0.3 is 9.80 Å². The lowest BCUT2D eigenvalue weighted by Crippen LogP contribution is -2.51. The SMILES string of the molecule is CSc1nccn1-c1ccc(C(=O)N2CCN(C(=O)Cc3ccccn3)CC2)cc1. The number of pyridine rings is 1. The molecule has 1 saturated heterocycles. The quantitative estimate of drug-likeness (QED) is 0.592. The summed E-state index contributed by atoms with van der Waals surface area (Å²) in [6.45, 7) is 2.16. The molecule has 0 N–H and O–H groups in total. The molecule has 0 atom stereocenters. The van der Waals surface area contributed by atoms with Gasteiger partial charge in [0.2, 0.25) is 5.91 Å². The fourth-order valence-corrected chi connectivity index (χ4v) is 4.04. The number of carbonyl (C=O) groups is 2. The van der Waals surface area contributed by atoms with Crippen LogP contribution in [0.1, 0.15) is 16.1 Å². The minimum absolute atomic E-state index is 0.00547. The van der Waals surface area contributed by atoms with Crippen molar-refractivity contribution < 1.29 is 9.59 Å². The van der Waals surface area contributed by atoms with Gasteiger partial charge in [-0.2, -0.15) is 0 Å². The van der Waals surface area contributed by atoms with Crippen LogP contribution < -0.4 is 0 Å². The highest BCUT2D eigenvalue weighted by molar-refractivity contribution is 7.98. The standard InChI is InChI=1S/C22H23N5O2S/c1-30-22-24-10-11-27(22)19-7-5-17(6-8-19)21(29)26-14-12-25(13-15-26)20(28)16-18-4-2-3-9-23-18/h2-11H,12-16H2,1H3. The normalized spacial score (nSPS) is 14.0. The molecule has 1 aliphatic heterocycles. The lowest BCUT2D eigenvalue weighted by atomic mass is 10.1. The number of hydrogen-bond acceptors (Lipinski definition) is 5. The minimum atomic E-state index is -0.00547. The van der Waals surface area contributed by atoms with E-state index >= 15 is 0 Å². The monoisotopic (exact) mass is 421 g/mol. The fraction of sp³-hybridized carbons (Fsp3) is 0.273. The first-order valence-electron chi connectivity index (χ1n) is 9.80. The van der Waals surface area contributed by atoms with Crippen LogP contribution in [0.25, 0.3) is 5.69 Å². The molecular weight excluding hydrogens is 398 g/mol. The molecule has 3 heterocycles. The summed E-state index contributed by atoms with van der Waals surface area (Å²) in [5.74, 6) is 0.0455. The largest absolute Gasteiger partial charge is 0.339 e. The average Bonchev–Trinajstić information content (AvgIpc) is 3.28. The summed E-state index contributed by atoms with van der Waals surface area (Å²) < 4.78 is 1.99. The number of amides is 2. The highest BCUT2D eigenvalue weighted by Crippen LogP contribution is 2.19. The number of hydrogen-bond donors (Lipinski definition) is 0. The molecule has 0 radical (unpaired) electrons. The van der Waals surface area contributed by atoms with Crippen LogP contribution in [0, 0.1) is 0 Å². The van der Waals surface area contributed by atoms with Crippen molar-refractivity contribution in [3.8, 4) is 5.69 Å². The van der Waals surface area contributed by atoms with E-state index in [1.807, 2.05) is 69.3 Å². The zero-order valence-corrected chi connectivity index (χ0v) is 17.6. The molecule has 7 nitrogen and oxygen atoms in total. The molecule has 8 heteroatoms. The molecule has 0 saturated carbocycles. The molecule has 0 bridgehead atoms. The molecule has 0 unspecified atom stereocenters. The molecule has 4 rings (SSSR count). The van der Waals surface area contributed by atoms with Crippen molar-refractivity contribution in [2.24, 2.45) is 0 Å². The zero-order valence-electron chi connectivity index (χ0n) is 16.8. The van der Waals surface area contributed by atoms with Crippen LogP contribution in [0.2, 0.25) is 0 Å². The molecule has 1 aliphatic rings. The van der Waals surface area contributed by atoms with Crippen LogP contribution in [0.15, 0.2) is 66.2 Å². The molecule has 3 aromatic rings. The lowest BCUT2D eigenvalue weighted by Gasteiger charge is -2.34. The van der Waals surface area contributed by atoms with Gasteiger partial charge in [-0.25, -0.2) is 4.98 Å². The Morgan fingerprint density at radius 2 is 1.67 bits per heavy atom. The van der Waals surface area contributed by atoms with E-state index in [0.29, 0.717) is 38.2 Å². The van der Waals surface area contributed by atoms with Crippen molar-refractivity contribution in [1.82, 2.24) is 24.3 Å². The number of aromatic nitrogens is 3. The summed E-state index contributed by atoms with van der Waals surface area (Å²) in [5.41, 5.74) is 2.39. The number of benzene rings is 1. The minimum Gasteiger partial charge on any atom is -0.339 e. The zero-order chi connectivity index (χ0) is 20.9. The number of piperazine rings is 1. The molecule has 0 spiro atoms. The maximum atomic E-state index is 12.9. The number of imidazole rings is 1. The van der Waals surface area contributed by atoms with Gasteiger partial charge in [0.1, 0.15) is 0 Å². The summed E-state index contributed by atoms with van der Waals surface area (Å²) in [5, 5.41) is 0.903. The number of nitrogens with zero attached hydrogens (tertiary/aromatic N) is 5. The van der Waals surface area contributed by atoms with Gasteiger partial charge in [-0.05, 0) is 42.7 Å². The average molecular weight is 422 g/mol. The predicted molar refractivity (Wildman–Crippen MR) is 116 cm³/mol. The van der Waals surface area contributed by atoms with Crippen LogP contribution in [0.4, 0.5) is 0 Å². The van der Waals surface area contributed by atoms with Crippen LogP contribution in [0.5, 0.6) is 0 Å². The van der Waals surface area contributed by atoms with E-state index in [0.717, 1.165) is 16.5 Å². The number of rotatable bonds is 5. The van der Waals surface area contributed by atoms with E-state index in [-0.39, 0.29) is 11.8 Å². The first-order chi connectivity index (χ1) is 14.7. The van der Waals surface area contributed by atoms with Crippen LogP contribution >= 0.6 is 11.8 Å². The Balaban J connectivity index is 1.34. The summed E-state index contributed by atoms with van der Waals surface area (Å²) in [6, 6.07) is 13.1. The third kappa shape index (κ3) is 4.38. The summed E-state index contributed by atoms with van der Waals surface area (Å²) in [4.78, 5) is 37.5. The van der Waals surface area contributed by atoms with Gasteiger partial charge in [-0.15, -0.1) is 0 Å². The topological polar surface area (TPSA) is 71.3 Å². The highest BCUT2D eigenvalue weighted by atomic mass is 32.2. The van der Waals surface area contributed by atoms with Gasteiger partial charge in [0, 0.05) is 61.7 Å². The Morgan fingerprint density at radius 3 is 2.33 bits per heavy atom. The van der Waals surface area contributed by atoms with E-state index in [9.17, 15) is 9.59 Å². The Morgan fingerprint density at radius 1 is 0.933 bits per heavy atom. The van der Waals surface area contributed by atoms with Gasteiger partial charge >= 0.3 is 0 Å². The molecule has 1 fully saturated rings. The molecule has 2 amide bonds. The second kappa shape index (κ2) is 9.13. The molecule has 1 aromatic carbocycles. The van der Waals surface area contributed by atoms with Crippen molar-refractivity contribution in [3.05, 3.63) is 72.3 Å². The fourth-order valence-electron chi connectivity index (χ4n) is 3.51. The summed E-state index contributed by atoms with van der Waals surface area (Å²) in [7, 11) is 0. The molecular formula is C22H23N5O2S. The van der Waals surface area contributed by atoms with Gasteiger partial charge in [0.15, 0.2) is 5.16 Å². The second-order valence-electron chi connectivity index (χ2n) is 7.00. The van der Waals surface area contributed by atoms with E-state index in [2.05, 4.69) is 9.97 Å². The van der Waals surface area contributed by atoms with Gasteiger partial charge in [0.05, 0.1) is 6.42 Å². The Labute approximate surface area is 179 Å². The molecule has 154 valence electrons. The third-order valence-corrected chi connectivity index (χ3v) is 5.83. The summed E-state index contributed by atoms with van der Waals surface area (Å²) >= 11 is 1.57. The maximum absolute atomic E-state index is 12.9. The van der Waals surface area contributed by atoms with E-state index in [4.69, 9.17) is 0 Å². The Bertz CT molecular complexity index is 1010. The highest BCUT2D eigenvalue weighted by Gasteiger charge is 2.25. The van der Waals surface area contributed by atoms with E-state index in [1.54, 1.807) is 24.2 Å². The van der Waals surface area contributed by atoms with E-state index < -0.39 is 0 Å². The van der Waals surface area contributed by atoms with Crippen molar-refractivity contribution in [3.63, 3.8) is 0 Å². The van der Waals surface area contributed by atoms with Gasteiger partial charge in [-0.3, -0.25) is 19.1 Å². The first-order valence-corrected chi connectivity index (χ1v) is 11.0. The van der Waals surface area contributed by atoms with Crippen LogP contribution in [-0.4, -0.2) is 68.6 Å². The third-order valence-electron chi connectivity index (χ3n) is 5.16. The Kier molecular flexibility index (Phi) is 6.13. The summed E-state index contributed by atoms with van der Waals surface area (Å²) in [6.07, 6.45) is 7.64. The lowest BCUT2D eigenvalue weighted by molar-refractivity contribution is -0.132. The van der Waals surface area contributed by atoms with Crippen molar-refractivity contribution >= 4 is 23.6 Å². The Hall–Kier alpha value is -3.13. The van der Waals surface area contributed by atoms with Crippen LogP contribution in [-0.2, 0) is 11.2 Å². The molecule has 30 heavy (non-hydrogen) atoms. The molecule has 0 aliphatic carbocycles. The molecule has 2 aromatic heterocycles. The first kappa shape index (κ1) is 20.2. The number of carbonyl (C=O) groups excluding carboxylic acids is 2. The van der Waals surface area contributed by atoms with Gasteiger partial charge in [0.25, 0.3) is 5.91 Å². The van der Waals surface area contributed by atoms with Crippen LogP contribution in [0.3, 0.4) is 0 Å². The second-order valence-corrected chi connectivity index (χ2v) is 7.78. The van der Waals surface area contributed by atoms with Crippen molar-refractivity contribution in [2.45, 2.75) is 11.6 Å². The smallest absolute Gasteiger partial charge is 0.253 e. The van der Waals surface area contributed by atoms with Crippen molar-refractivity contribution in [2.75, 3.05) is 32.4 Å². The number of thioether (sulfide) groups is 1. The predicted octanol–water partition coefficient (Wildman–Crippen LogP) is 2.52. The maximum Gasteiger partial charge on any atom is 0.253 e.